The highest BCUT2D eigenvalue weighted by molar-refractivity contribution is 5.87. The van der Waals surface area contributed by atoms with E-state index < -0.39 is 18.1 Å². The molecule has 162 valence electrons. The van der Waals surface area contributed by atoms with Crippen molar-refractivity contribution in [3.05, 3.63) is 34.5 Å². The van der Waals surface area contributed by atoms with Gasteiger partial charge in [-0.05, 0) is 56.6 Å². The molecule has 2 rings (SSSR count). The third kappa shape index (κ3) is 5.25. The molecule has 1 aliphatic carbocycles. The summed E-state index contributed by atoms with van der Waals surface area (Å²) in [5.74, 6) is -1.00. The van der Waals surface area contributed by atoms with E-state index in [9.17, 15) is 18.0 Å². The maximum Gasteiger partial charge on any atom is 0.391 e. The highest BCUT2D eigenvalue weighted by Gasteiger charge is 2.41. The first-order valence-corrected chi connectivity index (χ1v) is 9.96. The maximum absolute atomic E-state index is 12.9. The lowest BCUT2D eigenvalue weighted by Gasteiger charge is -2.30. The van der Waals surface area contributed by atoms with Crippen molar-refractivity contribution in [3.63, 3.8) is 0 Å². The first kappa shape index (κ1) is 23.1. The first-order valence-electron chi connectivity index (χ1n) is 9.96. The fourth-order valence-electron chi connectivity index (χ4n) is 3.79. The summed E-state index contributed by atoms with van der Waals surface area (Å²) in [5, 5.41) is 1.54. The smallest absolute Gasteiger partial charge is 0.391 e. The van der Waals surface area contributed by atoms with Crippen molar-refractivity contribution in [1.82, 2.24) is 4.57 Å². The van der Waals surface area contributed by atoms with Crippen LogP contribution in [-0.4, -0.2) is 30.4 Å². The van der Waals surface area contributed by atoms with Gasteiger partial charge in [-0.2, -0.15) is 13.2 Å². The maximum atomic E-state index is 12.9. The molecule has 0 unspecified atom stereocenters. The third-order valence-corrected chi connectivity index (χ3v) is 5.70. The lowest BCUT2D eigenvalue weighted by molar-refractivity contribution is -0.184. The Bertz CT molecular complexity index is 859. The van der Waals surface area contributed by atoms with Gasteiger partial charge < -0.3 is 14.0 Å². The average Bonchev–Trinajstić information content (AvgIpc) is 3.03. The SMILES string of the molecule is C=C(CC)/C(OC[C@H]1CC[C@H](C(F)(F)F)CC1)=c1\c(=C/C)cc(C(=O)OC)n1C. The van der Waals surface area contributed by atoms with E-state index in [1.807, 2.05) is 19.9 Å². The quantitative estimate of drug-likeness (QED) is 0.660. The molecule has 0 N–H and O–H groups in total. The fraction of sp³-hybridized carbons (Fsp3) is 0.591. The Kier molecular flexibility index (Phi) is 7.60. The summed E-state index contributed by atoms with van der Waals surface area (Å²) >= 11 is 0. The van der Waals surface area contributed by atoms with Crippen LogP contribution in [0.15, 0.2) is 18.2 Å². The van der Waals surface area contributed by atoms with Crippen molar-refractivity contribution >= 4 is 17.8 Å². The van der Waals surface area contributed by atoms with Crippen molar-refractivity contribution in [2.24, 2.45) is 18.9 Å². The van der Waals surface area contributed by atoms with Gasteiger partial charge in [-0.15, -0.1) is 0 Å². The molecule has 1 heterocycles. The number of esters is 1. The van der Waals surface area contributed by atoms with Gasteiger partial charge in [0, 0.05) is 12.3 Å². The van der Waals surface area contributed by atoms with Gasteiger partial charge in [0.15, 0.2) is 0 Å². The number of carbonyl (C=O) groups excluding carboxylic acids is 1. The summed E-state index contributed by atoms with van der Waals surface area (Å²) < 4.78 is 51.4. The molecule has 0 amide bonds. The van der Waals surface area contributed by atoms with Gasteiger partial charge >= 0.3 is 12.1 Å². The van der Waals surface area contributed by atoms with E-state index in [-0.39, 0.29) is 18.8 Å². The van der Waals surface area contributed by atoms with Gasteiger partial charge in [0.25, 0.3) is 0 Å². The predicted molar refractivity (Wildman–Crippen MR) is 106 cm³/mol. The van der Waals surface area contributed by atoms with Gasteiger partial charge in [0.2, 0.25) is 0 Å². The summed E-state index contributed by atoms with van der Waals surface area (Å²) in [6.45, 7) is 8.25. The first-order chi connectivity index (χ1) is 13.6. The molecule has 0 aliphatic heterocycles. The summed E-state index contributed by atoms with van der Waals surface area (Å²) in [5.41, 5.74) is 1.17. The van der Waals surface area contributed by atoms with Crippen LogP contribution in [0.5, 0.6) is 0 Å². The van der Waals surface area contributed by atoms with Crippen LogP contribution < -0.4 is 10.6 Å². The van der Waals surface area contributed by atoms with Gasteiger partial charge in [-0.1, -0.05) is 19.6 Å². The number of methoxy groups -OCH3 is 1. The second-order valence-corrected chi connectivity index (χ2v) is 7.53. The van der Waals surface area contributed by atoms with Crippen molar-refractivity contribution in [2.75, 3.05) is 13.7 Å². The lowest BCUT2D eigenvalue weighted by Crippen LogP contribution is -2.33. The molecule has 7 heteroatoms. The number of rotatable bonds is 6. The monoisotopic (exact) mass is 413 g/mol. The third-order valence-electron chi connectivity index (χ3n) is 5.70. The molecule has 4 nitrogen and oxygen atoms in total. The van der Waals surface area contributed by atoms with Crippen molar-refractivity contribution in [3.8, 4) is 0 Å². The minimum atomic E-state index is -4.11. The topological polar surface area (TPSA) is 40.5 Å². The predicted octanol–water partition coefficient (Wildman–Crippen LogP) is 4.07. The molecule has 0 spiro atoms. The van der Waals surface area contributed by atoms with Crippen LogP contribution in [0.2, 0.25) is 0 Å². The number of halogens is 3. The lowest BCUT2D eigenvalue weighted by atomic mass is 9.82. The van der Waals surface area contributed by atoms with Crippen molar-refractivity contribution in [2.45, 2.75) is 52.1 Å². The van der Waals surface area contributed by atoms with Crippen molar-refractivity contribution in [1.29, 1.82) is 0 Å². The Morgan fingerprint density at radius 2 is 1.93 bits per heavy atom. The zero-order chi connectivity index (χ0) is 21.8. The van der Waals surface area contributed by atoms with Crippen LogP contribution >= 0.6 is 0 Å². The number of alkyl halides is 3. The Hall–Kier alpha value is -2.18. The molecular weight excluding hydrogens is 383 g/mol. The molecule has 0 atom stereocenters. The summed E-state index contributed by atoms with van der Waals surface area (Å²) in [6, 6.07) is 1.74. The van der Waals surface area contributed by atoms with Crippen molar-refractivity contribution < 1.29 is 27.4 Å². The molecule has 0 bridgehead atoms. The molecule has 0 radical (unpaired) electrons. The van der Waals surface area contributed by atoms with Gasteiger partial charge in [-0.3, -0.25) is 0 Å². The highest BCUT2D eigenvalue weighted by atomic mass is 19.4. The average molecular weight is 413 g/mol. The second kappa shape index (κ2) is 9.55. The van der Waals surface area contributed by atoms with Gasteiger partial charge in [0.1, 0.15) is 11.5 Å². The fourth-order valence-corrected chi connectivity index (χ4v) is 3.79. The van der Waals surface area contributed by atoms with Crippen LogP contribution in [0.25, 0.3) is 11.8 Å². The molecular formula is C22H30F3NO3. The Labute approximate surface area is 169 Å². The van der Waals surface area contributed by atoms with Crippen LogP contribution in [0.1, 0.15) is 56.4 Å². The number of aromatic nitrogens is 1. The molecule has 1 fully saturated rings. The van der Waals surface area contributed by atoms with E-state index in [0.29, 0.717) is 37.3 Å². The summed E-state index contributed by atoms with van der Waals surface area (Å²) in [4.78, 5) is 12.1. The van der Waals surface area contributed by atoms with Gasteiger partial charge in [0.05, 0.1) is 25.0 Å². The van der Waals surface area contributed by atoms with E-state index in [2.05, 4.69) is 6.58 Å². The second-order valence-electron chi connectivity index (χ2n) is 7.53. The van der Waals surface area contributed by atoms with E-state index in [1.165, 1.54) is 7.11 Å². The zero-order valence-electron chi connectivity index (χ0n) is 17.6. The molecule has 1 aromatic heterocycles. The zero-order valence-corrected chi connectivity index (χ0v) is 17.6. The highest BCUT2D eigenvalue weighted by Crippen LogP contribution is 2.39. The minimum absolute atomic E-state index is 0.0719. The Morgan fingerprint density at radius 3 is 2.41 bits per heavy atom. The molecule has 29 heavy (non-hydrogen) atoms. The number of nitrogens with zero attached hydrogens (tertiary/aromatic N) is 1. The summed E-state index contributed by atoms with van der Waals surface area (Å²) in [6.07, 6.45) is -0.315. The number of carbonyl (C=O) groups is 1. The van der Waals surface area contributed by atoms with E-state index in [4.69, 9.17) is 9.47 Å². The van der Waals surface area contributed by atoms with Crippen LogP contribution in [0.3, 0.4) is 0 Å². The number of hydrogen-bond acceptors (Lipinski definition) is 3. The van der Waals surface area contributed by atoms with Gasteiger partial charge in [-0.25, -0.2) is 4.79 Å². The molecule has 0 aromatic carbocycles. The van der Waals surface area contributed by atoms with E-state index in [1.54, 1.807) is 17.7 Å². The number of hydrogen-bond donors (Lipinski definition) is 0. The normalized spacial score (nSPS) is 21.7. The van der Waals surface area contributed by atoms with Crippen LogP contribution in [0.4, 0.5) is 13.2 Å². The summed E-state index contributed by atoms with van der Waals surface area (Å²) in [7, 11) is 3.09. The Morgan fingerprint density at radius 1 is 1.31 bits per heavy atom. The standard InChI is InChI=1S/C22H30F3NO3/c1-6-14(3)20(19-16(7-2)12-18(26(19)4)21(27)28-5)29-13-15-8-10-17(11-9-15)22(23,24)25/h7,12,15,17H,3,6,8-11,13H2,1-2,4-5H3/b16-7-,20-19-/t15-,17-. The van der Waals surface area contributed by atoms with E-state index in [0.717, 1.165) is 16.1 Å². The Balaban J connectivity index is 2.32. The van der Waals surface area contributed by atoms with Crippen LogP contribution in [0, 0.1) is 11.8 Å². The largest absolute Gasteiger partial charge is 0.491 e. The number of ether oxygens (including phenoxy) is 2. The molecule has 1 aromatic rings. The molecule has 0 saturated heterocycles. The minimum Gasteiger partial charge on any atom is -0.491 e. The molecule has 1 aliphatic rings. The van der Waals surface area contributed by atoms with Crippen LogP contribution in [-0.2, 0) is 16.5 Å². The molecule has 1 saturated carbocycles. The van der Waals surface area contributed by atoms with E-state index >= 15 is 0 Å².